The molecule has 2 nitrogen and oxygen atoms in total. The maximum Gasteiger partial charge on any atom is 0.122 e. The average molecular weight is 259 g/mol. The molecule has 3 heteroatoms. The summed E-state index contributed by atoms with van der Waals surface area (Å²) < 4.78 is 5.44. The van der Waals surface area contributed by atoms with E-state index in [1.54, 1.807) is 18.4 Å². The van der Waals surface area contributed by atoms with Crippen molar-refractivity contribution in [1.29, 1.82) is 0 Å². The molecule has 1 aromatic carbocycles. The molecule has 18 heavy (non-hydrogen) atoms. The predicted molar refractivity (Wildman–Crippen MR) is 78.1 cm³/mol. The van der Waals surface area contributed by atoms with Gasteiger partial charge in [0, 0.05) is 11.6 Å². The fourth-order valence-corrected chi connectivity index (χ4v) is 2.32. The zero-order chi connectivity index (χ0) is 13.0. The molecule has 0 N–H and O–H groups in total. The number of methoxy groups -OCH3 is 1. The van der Waals surface area contributed by atoms with Crippen molar-refractivity contribution in [3.63, 3.8) is 0 Å². The molecule has 0 unspecified atom stereocenters. The topological polar surface area (TPSA) is 22.1 Å². The Bertz CT molecular complexity index is 529. The Morgan fingerprint density at radius 3 is 2.72 bits per heavy atom. The Labute approximate surface area is 112 Å². The molecule has 0 fully saturated rings. The minimum Gasteiger partial charge on any atom is -0.496 e. The van der Waals surface area contributed by atoms with Crippen LogP contribution in [-0.4, -0.2) is 12.1 Å². The highest BCUT2D eigenvalue weighted by molar-refractivity contribution is 7.10. The molecule has 1 aromatic heterocycles. The molecule has 0 aliphatic heterocycles. The fourth-order valence-electron chi connectivity index (χ4n) is 1.79. The normalized spacial score (nSPS) is 11.3. The van der Waals surface area contributed by atoms with E-state index in [1.807, 2.05) is 17.7 Å². The SMILES string of the molecule is COc1cc(/C=C/c2nccs2)ccc1C(C)C. The lowest BCUT2D eigenvalue weighted by atomic mass is 10.00. The third-order valence-corrected chi connectivity index (χ3v) is 3.49. The van der Waals surface area contributed by atoms with E-state index in [-0.39, 0.29) is 0 Å². The summed E-state index contributed by atoms with van der Waals surface area (Å²) in [7, 11) is 1.72. The van der Waals surface area contributed by atoms with E-state index < -0.39 is 0 Å². The highest BCUT2D eigenvalue weighted by Crippen LogP contribution is 2.28. The van der Waals surface area contributed by atoms with E-state index in [0.717, 1.165) is 16.3 Å². The molecule has 0 atom stereocenters. The lowest BCUT2D eigenvalue weighted by molar-refractivity contribution is 0.407. The quantitative estimate of drug-likeness (QED) is 0.809. The highest BCUT2D eigenvalue weighted by atomic mass is 32.1. The Morgan fingerprint density at radius 1 is 1.28 bits per heavy atom. The maximum absolute atomic E-state index is 5.44. The number of aromatic nitrogens is 1. The summed E-state index contributed by atoms with van der Waals surface area (Å²) >= 11 is 1.63. The van der Waals surface area contributed by atoms with Crippen molar-refractivity contribution < 1.29 is 4.74 Å². The van der Waals surface area contributed by atoms with Gasteiger partial charge in [0.05, 0.1) is 7.11 Å². The van der Waals surface area contributed by atoms with Gasteiger partial charge in [0.2, 0.25) is 0 Å². The first-order valence-electron chi connectivity index (χ1n) is 5.96. The van der Waals surface area contributed by atoms with E-state index in [0.29, 0.717) is 5.92 Å². The van der Waals surface area contributed by atoms with Gasteiger partial charge in [-0.2, -0.15) is 0 Å². The van der Waals surface area contributed by atoms with Crippen LogP contribution in [-0.2, 0) is 0 Å². The van der Waals surface area contributed by atoms with Gasteiger partial charge in [-0.3, -0.25) is 0 Å². The number of rotatable bonds is 4. The van der Waals surface area contributed by atoms with Crippen LogP contribution in [0.1, 0.15) is 35.9 Å². The van der Waals surface area contributed by atoms with Gasteiger partial charge in [-0.15, -0.1) is 11.3 Å². The van der Waals surface area contributed by atoms with Crippen molar-refractivity contribution in [3.05, 3.63) is 45.9 Å². The second kappa shape index (κ2) is 5.83. The Hall–Kier alpha value is -1.61. The summed E-state index contributed by atoms with van der Waals surface area (Å²) in [6, 6.07) is 6.31. The zero-order valence-corrected chi connectivity index (χ0v) is 11.7. The molecule has 94 valence electrons. The summed E-state index contributed by atoms with van der Waals surface area (Å²) in [6.45, 7) is 4.34. The Morgan fingerprint density at radius 2 is 2.11 bits per heavy atom. The van der Waals surface area contributed by atoms with Gasteiger partial charge >= 0.3 is 0 Å². The van der Waals surface area contributed by atoms with Crippen LogP contribution in [0.5, 0.6) is 5.75 Å². The van der Waals surface area contributed by atoms with Crippen molar-refractivity contribution in [2.24, 2.45) is 0 Å². The van der Waals surface area contributed by atoms with E-state index in [1.165, 1.54) is 5.56 Å². The van der Waals surface area contributed by atoms with Crippen LogP contribution in [0, 0.1) is 0 Å². The number of benzene rings is 1. The number of hydrogen-bond acceptors (Lipinski definition) is 3. The van der Waals surface area contributed by atoms with Crippen molar-refractivity contribution in [3.8, 4) is 5.75 Å². The standard InChI is InChI=1S/C15H17NOS/c1-11(2)13-6-4-12(10-14(13)17-3)5-7-15-16-8-9-18-15/h4-11H,1-3H3/b7-5+. The molecule has 2 rings (SSSR count). The van der Waals surface area contributed by atoms with E-state index in [4.69, 9.17) is 4.74 Å². The molecule has 1 heterocycles. The van der Waals surface area contributed by atoms with Crippen LogP contribution in [0.25, 0.3) is 12.2 Å². The minimum atomic E-state index is 0.469. The first kappa shape index (κ1) is 12.8. The van der Waals surface area contributed by atoms with Gasteiger partial charge in [-0.05, 0) is 29.2 Å². The first-order valence-corrected chi connectivity index (χ1v) is 6.84. The van der Waals surface area contributed by atoms with Crippen molar-refractivity contribution in [2.45, 2.75) is 19.8 Å². The summed E-state index contributed by atoms with van der Waals surface area (Å²) in [5.74, 6) is 1.42. The molecule has 2 aromatic rings. The monoisotopic (exact) mass is 259 g/mol. The third-order valence-electron chi connectivity index (χ3n) is 2.75. The highest BCUT2D eigenvalue weighted by Gasteiger charge is 2.06. The van der Waals surface area contributed by atoms with Crippen LogP contribution < -0.4 is 4.74 Å². The van der Waals surface area contributed by atoms with E-state index >= 15 is 0 Å². The first-order chi connectivity index (χ1) is 8.70. The van der Waals surface area contributed by atoms with Gasteiger partial charge in [-0.1, -0.05) is 32.1 Å². The summed E-state index contributed by atoms with van der Waals surface area (Å²) in [5, 5.41) is 2.99. The summed E-state index contributed by atoms with van der Waals surface area (Å²) in [6.07, 6.45) is 5.90. The van der Waals surface area contributed by atoms with E-state index in [2.05, 4.69) is 43.1 Å². The number of nitrogens with zero attached hydrogens (tertiary/aromatic N) is 1. The molecular weight excluding hydrogens is 242 g/mol. The van der Waals surface area contributed by atoms with E-state index in [9.17, 15) is 0 Å². The van der Waals surface area contributed by atoms with Crippen LogP contribution in [0.3, 0.4) is 0 Å². The fraction of sp³-hybridized carbons (Fsp3) is 0.267. The van der Waals surface area contributed by atoms with Gasteiger partial charge < -0.3 is 4.74 Å². The largest absolute Gasteiger partial charge is 0.496 e. The van der Waals surface area contributed by atoms with Gasteiger partial charge in [0.1, 0.15) is 10.8 Å². The molecule has 0 aliphatic carbocycles. The second-order valence-electron chi connectivity index (χ2n) is 4.36. The number of thiazole rings is 1. The van der Waals surface area contributed by atoms with Crippen LogP contribution in [0.2, 0.25) is 0 Å². The molecule has 0 spiro atoms. The lowest BCUT2D eigenvalue weighted by Crippen LogP contribution is -1.94. The average Bonchev–Trinajstić information content (AvgIpc) is 2.88. The van der Waals surface area contributed by atoms with Crippen LogP contribution in [0.4, 0.5) is 0 Å². The molecule has 0 saturated carbocycles. The molecule has 0 bridgehead atoms. The van der Waals surface area contributed by atoms with Crippen molar-refractivity contribution in [2.75, 3.05) is 7.11 Å². The number of ether oxygens (including phenoxy) is 1. The van der Waals surface area contributed by atoms with Crippen molar-refractivity contribution >= 4 is 23.5 Å². The van der Waals surface area contributed by atoms with Gasteiger partial charge in [0.15, 0.2) is 0 Å². The third kappa shape index (κ3) is 2.99. The Balaban J connectivity index is 2.25. The molecule has 0 aliphatic rings. The molecule has 0 amide bonds. The molecule has 0 radical (unpaired) electrons. The van der Waals surface area contributed by atoms with Crippen LogP contribution in [0.15, 0.2) is 29.8 Å². The van der Waals surface area contributed by atoms with Gasteiger partial charge in [-0.25, -0.2) is 4.98 Å². The van der Waals surface area contributed by atoms with Crippen LogP contribution >= 0.6 is 11.3 Å². The predicted octanol–water partition coefficient (Wildman–Crippen LogP) is 4.45. The minimum absolute atomic E-state index is 0.469. The lowest BCUT2D eigenvalue weighted by Gasteiger charge is -2.12. The Kier molecular flexibility index (Phi) is 4.15. The maximum atomic E-state index is 5.44. The smallest absolute Gasteiger partial charge is 0.122 e. The summed E-state index contributed by atoms with van der Waals surface area (Å²) in [5.41, 5.74) is 2.37. The summed E-state index contributed by atoms with van der Waals surface area (Å²) in [4.78, 5) is 4.22. The molecular formula is C15H17NOS. The second-order valence-corrected chi connectivity index (χ2v) is 5.29. The number of hydrogen-bond donors (Lipinski definition) is 0. The zero-order valence-electron chi connectivity index (χ0n) is 10.9. The van der Waals surface area contributed by atoms with Crippen molar-refractivity contribution in [1.82, 2.24) is 4.98 Å². The molecule has 0 saturated heterocycles. The van der Waals surface area contributed by atoms with Gasteiger partial charge in [0.25, 0.3) is 0 Å².